The Bertz CT molecular complexity index is 650. The van der Waals surface area contributed by atoms with E-state index in [4.69, 9.17) is 11.6 Å². The van der Waals surface area contributed by atoms with Crippen molar-refractivity contribution < 1.29 is 8.78 Å². The van der Waals surface area contributed by atoms with E-state index >= 15 is 0 Å². The fourth-order valence-electron chi connectivity index (χ4n) is 3.07. The van der Waals surface area contributed by atoms with E-state index < -0.39 is 11.6 Å². The first-order chi connectivity index (χ1) is 10.1. The summed E-state index contributed by atoms with van der Waals surface area (Å²) in [6.45, 7) is 4.92. The minimum Gasteiger partial charge on any atom is -0.325 e. The molecule has 0 aliphatic carbocycles. The Morgan fingerprint density at radius 1 is 1.29 bits per heavy atom. The normalized spacial score (nSPS) is 17.7. The number of hydrogen-bond acceptors (Lipinski definition) is 2. The van der Waals surface area contributed by atoms with Gasteiger partial charge in [0.25, 0.3) is 0 Å². The average molecular weight is 314 g/mol. The van der Waals surface area contributed by atoms with Crippen LogP contribution in [-0.4, -0.2) is 33.6 Å². The van der Waals surface area contributed by atoms with E-state index in [0.717, 1.165) is 19.2 Å². The van der Waals surface area contributed by atoms with Crippen molar-refractivity contribution >= 4 is 22.6 Å². The number of benzene rings is 1. The van der Waals surface area contributed by atoms with Crippen LogP contribution in [0.1, 0.15) is 25.6 Å². The van der Waals surface area contributed by atoms with Crippen LogP contribution in [0.15, 0.2) is 12.1 Å². The molecule has 21 heavy (non-hydrogen) atoms. The summed E-state index contributed by atoms with van der Waals surface area (Å²) in [5.41, 5.74) is 0.676. The Labute approximate surface area is 127 Å². The number of likely N-dealkylation sites (tertiary alicyclic amines) is 1. The third kappa shape index (κ3) is 2.77. The number of rotatable bonds is 4. The minimum atomic E-state index is -0.635. The van der Waals surface area contributed by atoms with Gasteiger partial charge in [-0.2, -0.15) is 0 Å². The van der Waals surface area contributed by atoms with Gasteiger partial charge >= 0.3 is 0 Å². The highest BCUT2D eigenvalue weighted by Gasteiger charge is 2.21. The van der Waals surface area contributed by atoms with Gasteiger partial charge in [0.15, 0.2) is 5.82 Å². The number of hydrogen-bond donors (Lipinski definition) is 0. The summed E-state index contributed by atoms with van der Waals surface area (Å²) in [5, 5.41) is 0. The van der Waals surface area contributed by atoms with Crippen molar-refractivity contribution in [2.24, 2.45) is 0 Å². The fraction of sp³-hybridized carbons (Fsp3) is 0.533. The molecule has 114 valence electrons. The molecule has 0 amide bonds. The van der Waals surface area contributed by atoms with E-state index in [1.54, 1.807) is 0 Å². The topological polar surface area (TPSA) is 21.1 Å². The molecule has 2 heterocycles. The molecule has 0 bridgehead atoms. The number of fused-ring (bicyclic) bond motifs is 1. The molecule has 6 heteroatoms. The maximum Gasteiger partial charge on any atom is 0.153 e. The van der Waals surface area contributed by atoms with Crippen LogP contribution in [0.25, 0.3) is 11.0 Å². The quantitative estimate of drug-likeness (QED) is 0.805. The van der Waals surface area contributed by atoms with Crippen LogP contribution in [0.4, 0.5) is 8.78 Å². The summed E-state index contributed by atoms with van der Waals surface area (Å²) in [7, 11) is 0. The second-order valence-electron chi connectivity index (χ2n) is 5.62. The third-order valence-electron chi connectivity index (χ3n) is 4.18. The van der Waals surface area contributed by atoms with E-state index in [2.05, 4.69) is 16.8 Å². The first kappa shape index (κ1) is 14.7. The van der Waals surface area contributed by atoms with Crippen molar-refractivity contribution in [1.29, 1.82) is 0 Å². The lowest BCUT2D eigenvalue weighted by Gasteiger charge is -2.25. The molecule has 0 radical (unpaired) electrons. The predicted molar refractivity (Wildman–Crippen MR) is 79.5 cm³/mol. The lowest BCUT2D eigenvalue weighted by molar-refractivity contribution is 0.236. The van der Waals surface area contributed by atoms with Crippen LogP contribution in [0, 0.1) is 11.6 Å². The van der Waals surface area contributed by atoms with E-state index in [0.29, 0.717) is 17.9 Å². The Balaban J connectivity index is 1.99. The molecule has 1 aromatic carbocycles. The van der Waals surface area contributed by atoms with Crippen LogP contribution in [0.2, 0.25) is 0 Å². The second kappa shape index (κ2) is 5.89. The van der Waals surface area contributed by atoms with Gasteiger partial charge in [-0.1, -0.05) is 0 Å². The summed E-state index contributed by atoms with van der Waals surface area (Å²) in [6, 6.07) is 2.48. The van der Waals surface area contributed by atoms with Gasteiger partial charge in [0, 0.05) is 18.7 Å². The standard InChI is InChI=1S/C15H18ClF2N3/c1-10(20-4-2-3-5-20)9-21-13-7-11(17)6-12(18)15(13)19-14(21)8-16/h6-7,10H,2-5,8-9H2,1H3. The van der Waals surface area contributed by atoms with Crippen molar-refractivity contribution in [1.82, 2.24) is 14.5 Å². The summed E-state index contributed by atoms with van der Waals surface area (Å²) in [5.74, 6) is -0.454. The van der Waals surface area contributed by atoms with Crippen molar-refractivity contribution in [3.63, 3.8) is 0 Å². The molecule has 1 aromatic heterocycles. The fourth-order valence-corrected chi connectivity index (χ4v) is 3.27. The Kier molecular flexibility index (Phi) is 4.13. The Hall–Kier alpha value is -1.20. The zero-order chi connectivity index (χ0) is 15.0. The zero-order valence-corrected chi connectivity index (χ0v) is 12.7. The first-order valence-electron chi connectivity index (χ1n) is 7.24. The number of halogens is 3. The van der Waals surface area contributed by atoms with Gasteiger partial charge in [-0.25, -0.2) is 13.8 Å². The molecule has 1 atom stereocenters. The van der Waals surface area contributed by atoms with Crippen molar-refractivity contribution in [3.8, 4) is 0 Å². The SMILES string of the molecule is CC(Cn1c(CCl)nc2c(F)cc(F)cc21)N1CCCC1. The van der Waals surface area contributed by atoms with Crippen molar-refractivity contribution in [2.75, 3.05) is 13.1 Å². The van der Waals surface area contributed by atoms with E-state index in [9.17, 15) is 8.78 Å². The minimum absolute atomic E-state index is 0.183. The number of alkyl halides is 1. The van der Waals surface area contributed by atoms with Crippen LogP contribution >= 0.6 is 11.6 Å². The van der Waals surface area contributed by atoms with Crippen molar-refractivity contribution in [3.05, 3.63) is 29.6 Å². The highest BCUT2D eigenvalue weighted by molar-refractivity contribution is 6.16. The largest absolute Gasteiger partial charge is 0.325 e. The number of aromatic nitrogens is 2. The third-order valence-corrected chi connectivity index (χ3v) is 4.42. The lowest BCUT2D eigenvalue weighted by Crippen LogP contribution is -2.34. The van der Waals surface area contributed by atoms with Gasteiger partial charge in [0.05, 0.1) is 11.4 Å². The second-order valence-corrected chi connectivity index (χ2v) is 5.89. The maximum atomic E-state index is 13.8. The van der Waals surface area contributed by atoms with E-state index in [1.165, 1.54) is 18.9 Å². The zero-order valence-electron chi connectivity index (χ0n) is 12.0. The average Bonchev–Trinajstić information content (AvgIpc) is 3.07. The maximum absolute atomic E-state index is 13.8. The molecule has 0 saturated carbocycles. The molecular formula is C15H18ClF2N3. The van der Waals surface area contributed by atoms with Gasteiger partial charge in [-0.15, -0.1) is 11.6 Å². The first-order valence-corrected chi connectivity index (χ1v) is 7.77. The van der Waals surface area contributed by atoms with Gasteiger partial charge in [-0.3, -0.25) is 4.90 Å². The highest BCUT2D eigenvalue weighted by atomic mass is 35.5. The Morgan fingerprint density at radius 2 is 2.00 bits per heavy atom. The summed E-state index contributed by atoms with van der Waals surface area (Å²) >= 11 is 5.93. The van der Waals surface area contributed by atoms with E-state index in [-0.39, 0.29) is 17.4 Å². The number of nitrogens with zero attached hydrogens (tertiary/aromatic N) is 3. The van der Waals surface area contributed by atoms with Gasteiger partial charge in [-0.05, 0) is 38.9 Å². The van der Waals surface area contributed by atoms with Crippen LogP contribution in [0.5, 0.6) is 0 Å². The summed E-state index contributed by atoms with van der Waals surface area (Å²) in [6.07, 6.45) is 2.42. The molecule has 1 saturated heterocycles. The predicted octanol–water partition coefficient (Wildman–Crippen LogP) is 3.54. The monoisotopic (exact) mass is 313 g/mol. The smallest absolute Gasteiger partial charge is 0.153 e. The van der Waals surface area contributed by atoms with Crippen molar-refractivity contribution in [2.45, 2.75) is 38.2 Å². The van der Waals surface area contributed by atoms with E-state index in [1.807, 2.05) is 4.57 Å². The molecule has 0 spiro atoms. The van der Waals surface area contributed by atoms with Crippen LogP contribution in [0.3, 0.4) is 0 Å². The molecule has 3 rings (SSSR count). The molecule has 3 nitrogen and oxygen atoms in total. The molecule has 0 N–H and O–H groups in total. The Morgan fingerprint density at radius 3 is 2.67 bits per heavy atom. The summed E-state index contributed by atoms with van der Waals surface area (Å²) in [4.78, 5) is 6.61. The molecular weight excluding hydrogens is 296 g/mol. The highest BCUT2D eigenvalue weighted by Crippen LogP contribution is 2.23. The van der Waals surface area contributed by atoms with Crippen LogP contribution in [-0.2, 0) is 12.4 Å². The lowest BCUT2D eigenvalue weighted by atomic mass is 10.2. The molecule has 2 aromatic rings. The van der Waals surface area contributed by atoms with Gasteiger partial charge in [0.2, 0.25) is 0 Å². The van der Waals surface area contributed by atoms with Gasteiger partial charge in [0.1, 0.15) is 17.2 Å². The van der Waals surface area contributed by atoms with Crippen LogP contribution < -0.4 is 0 Å². The summed E-state index contributed by atoms with van der Waals surface area (Å²) < 4.78 is 29.2. The molecule has 1 aliphatic rings. The number of imidazole rings is 1. The molecule has 1 fully saturated rings. The molecule has 1 unspecified atom stereocenters. The molecule has 1 aliphatic heterocycles. The van der Waals surface area contributed by atoms with Gasteiger partial charge < -0.3 is 4.57 Å².